The molecule has 2 aliphatic heterocycles. The van der Waals surface area contributed by atoms with E-state index >= 15 is 0 Å². The van der Waals surface area contributed by atoms with Gasteiger partial charge < -0.3 is 38.4 Å². The Morgan fingerprint density at radius 2 is 1.61 bits per heavy atom. The Morgan fingerprint density at radius 1 is 1.04 bits per heavy atom. The second kappa shape index (κ2) is 18.9. The van der Waals surface area contributed by atoms with Crippen LogP contribution in [0.3, 0.4) is 0 Å². The quantitative estimate of drug-likeness (QED) is 0.0680. The lowest BCUT2D eigenvalue weighted by molar-refractivity contribution is -0.157. The van der Waals surface area contributed by atoms with Gasteiger partial charge in [-0.1, -0.05) is 81.4 Å². The van der Waals surface area contributed by atoms with Crippen molar-refractivity contribution in [3.05, 3.63) is 23.8 Å². The highest BCUT2D eigenvalue weighted by Crippen LogP contribution is 2.43. The number of epoxide rings is 1. The number of carbonyl (C=O) groups excluding carboxylic acids is 2. The zero-order chi connectivity index (χ0) is 41.8. The first-order valence-corrected chi connectivity index (χ1v) is 26.1. The van der Waals surface area contributed by atoms with Crippen LogP contribution in [0, 0.1) is 17.8 Å². The number of rotatable bonds is 14. The third kappa shape index (κ3) is 13.6. The molecule has 0 spiro atoms. The molecule has 0 amide bonds. The van der Waals surface area contributed by atoms with Crippen LogP contribution in [0.4, 0.5) is 0 Å². The third-order valence-corrected chi connectivity index (χ3v) is 21.7. The van der Waals surface area contributed by atoms with E-state index in [0.717, 1.165) is 6.42 Å². The van der Waals surface area contributed by atoms with Gasteiger partial charge in [-0.05, 0) is 93.4 Å². The van der Waals surface area contributed by atoms with Crippen LogP contribution in [0.25, 0.3) is 0 Å². The van der Waals surface area contributed by atoms with Crippen molar-refractivity contribution in [3.8, 4) is 0 Å². The lowest BCUT2D eigenvalue weighted by Gasteiger charge is -2.40. The standard InChI is InChI=1S/C42H78O10Si2/c1-18-33(52-54(16,17)41(10,11)12)29(5)39-34(49-39)24-27(3)37(46)32(44)23-28(4)38-26(2)19-20-35(48-30(6)43)42(13,47)22-21-31(25-36(45)50-38)51-53(14,15)40(7,8)9/h19-20,23,26-27,29,31-35,37-39,44,46-47H,18,21-22,24-25H2,1-17H3/b20-19+,28-23+/t26-,27-,29+,31+,32?,33-,34-,35-,37?,38-,39+,42+/m0/s1. The topological polar surface area (TPSA) is 144 Å². The van der Waals surface area contributed by atoms with Gasteiger partial charge in [-0.2, -0.15) is 0 Å². The first-order chi connectivity index (χ1) is 24.4. The molecule has 54 heavy (non-hydrogen) atoms. The van der Waals surface area contributed by atoms with Crippen LogP contribution >= 0.6 is 0 Å². The molecule has 2 heterocycles. The van der Waals surface area contributed by atoms with Gasteiger partial charge in [0, 0.05) is 24.9 Å². The molecule has 0 aromatic heterocycles. The summed E-state index contributed by atoms with van der Waals surface area (Å²) in [7, 11) is -4.27. The van der Waals surface area contributed by atoms with Gasteiger partial charge in [-0.3, -0.25) is 9.59 Å². The molecule has 1 saturated heterocycles. The third-order valence-electron chi connectivity index (χ3n) is 12.7. The van der Waals surface area contributed by atoms with Crippen LogP contribution < -0.4 is 0 Å². The van der Waals surface area contributed by atoms with Gasteiger partial charge in [0.25, 0.3) is 0 Å². The maximum atomic E-state index is 13.6. The van der Waals surface area contributed by atoms with Gasteiger partial charge in [0.15, 0.2) is 16.6 Å². The van der Waals surface area contributed by atoms with E-state index in [1.165, 1.54) is 6.92 Å². The van der Waals surface area contributed by atoms with Crippen LogP contribution in [-0.4, -0.2) is 98.3 Å². The van der Waals surface area contributed by atoms with Crippen molar-refractivity contribution < 1.29 is 48.0 Å². The molecule has 12 heteroatoms. The van der Waals surface area contributed by atoms with Gasteiger partial charge in [-0.25, -0.2) is 0 Å². The van der Waals surface area contributed by atoms with E-state index in [1.54, 1.807) is 32.1 Å². The Balaban J connectivity index is 2.28. The molecule has 314 valence electrons. The van der Waals surface area contributed by atoms with E-state index in [0.29, 0.717) is 18.4 Å². The van der Waals surface area contributed by atoms with Crippen molar-refractivity contribution in [1.82, 2.24) is 0 Å². The first-order valence-electron chi connectivity index (χ1n) is 20.3. The number of hydrogen-bond donors (Lipinski definition) is 3. The lowest BCUT2D eigenvalue weighted by atomic mass is 9.87. The minimum atomic E-state index is -2.32. The number of esters is 2. The molecule has 0 saturated carbocycles. The van der Waals surface area contributed by atoms with Gasteiger partial charge in [0.2, 0.25) is 0 Å². The van der Waals surface area contributed by atoms with Crippen LogP contribution in [0.1, 0.15) is 122 Å². The van der Waals surface area contributed by atoms with Gasteiger partial charge in [-0.15, -0.1) is 0 Å². The maximum absolute atomic E-state index is 13.6. The number of carbonyl (C=O) groups is 2. The highest BCUT2D eigenvalue weighted by molar-refractivity contribution is 6.74. The highest BCUT2D eigenvalue weighted by atomic mass is 28.4. The Bertz CT molecular complexity index is 1300. The second-order valence-electron chi connectivity index (χ2n) is 19.7. The fourth-order valence-electron chi connectivity index (χ4n) is 6.75. The summed E-state index contributed by atoms with van der Waals surface area (Å²) in [6, 6.07) is 0. The summed E-state index contributed by atoms with van der Waals surface area (Å²) in [6.07, 6.45) is 2.54. The number of aliphatic hydroxyl groups excluding tert-OH is 2. The molecule has 2 unspecified atom stereocenters. The molecule has 0 aromatic rings. The van der Waals surface area contributed by atoms with E-state index in [2.05, 4.69) is 81.6 Å². The highest BCUT2D eigenvalue weighted by Gasteiger charge is 2.49. The number of cyclic esters (lactones) is 1. The van der Waals surface area contributed by atoms with E-state index in [9.17, 15) is 24.9 Å². The monoisotopic (exact) mass is 799 g/mol. The maximum Gasteiger partial charge on any atom is 0.308 e. The average Bonchev–Trinajstić information content (AvgIpc) is 3.79. The van der Waals surface area contributed by atoms with Gasteiger partial charge in [0.05, 0.1) is 36.9 Å². The molecule has 10 nitrogen and oxygen atoms in total. The normalized spacial score (nSPS) is 31.6. The van der Waals surface area contributed by atoms with Crippen LogP contribution in [0.5, 0.6) is 0 Å². The summed E-state index contributed by atoms with van der Waals surface area (Å²) in [5, 5.41) is 34.2. The number of aliphatic hydroxyl groups is 3. The predicted molar refractivity (Wildman–Crippen MR) is 220 cm³/mol. The molecular formula is C42H78O10Si2. The molecule has 3 N–H and O–H groups in total. The molecule has 2 rings (SSSR count). The summed E-state index contributed by atoms with van der Waals surface area (Å²) in [4.78, 5) is 25.7. The second-order valence-corrected chi connectivity index (χ2v) is 29.2. The van der Waals surface area contributed by atoms with Crippen LogP contribution in [0.2, 0.25) is 36.3 Å². The summed E-state index contributed by atoms with van der Waals surface area (Å²) < 4.78 is 31.3. The van der Waals surface area contributed by atoms with Gasteiger partial charge in [0.1, 0.15) is 17.8 Å². The Morgan fingerprint density at radius 3 is 2.13 bits per heavy atom. The van der Waals surface area contributed by atoms with E-state index < -0.39 is 70.6 Å². The zero-order valence-electron chi connectivity index (χ0n) is 36.8. The molecule has 0 radical (unpaired) electrons. The fourth-order valence-corrected chi connectivity index (χ4v) is 9.63. The lowest BCUT2D eigenvalue weighted by Crippen LogP contribution is -2.46. The Kier molecular flexibility index (Phi) is 17.1. The van der Waals surface area contributed by atoms with Crippen molar-refractivity contribution in [2.24, 2.45) is 17.8 Å². The van der Waals surface area contributed by atoms with Gasteiger partial charge >= 0.3 is 11.9 Å². The van der Waals surface area contributed by atoms with Crippen molar-refractivity contribution in [1.29, 1.82) is 0 Å². The predicted octanol–water partition coefficient (Wildman–Crippen LogP) is 8.25. The van der Waals surface area contributed by atoms with Crippen molar-refractivity contribution in [2.45, 2.75) is 213 Å². The molecular weight excluding hydrogens is 721 g/mol. The SMILES string of the molecule is CC[C@H](O[Si](C)(C)C(C)(C)C)[C@@H](C)[C@H]1O[C@H]1C[C@H](C)C(O)C(O)/C=C(\C)[C@H]1OC(=O)C[C@H](O[Si](C)(C)C(C)(C)C)CC[C@@](C)(O)[C@@H](OC(C)=O)/C=C/[C@@H]1C. The van der Waals surface area contributed by atoms with E-state index in [1.807, 2.05) is 13.8 Å². The number of hydrogen-bond acceptors (Lipinski definition) is 10. The van der Waals surface area contributed by atoms with Crippen LogP contribution in [-0.2, 0) is 32.7 Å². The van der Waals surface area contributed by atoms with Crippen molar-refractivity contribution >= 4 is 28.6 Å². The molecule has 2 aliphatic rings. The average molecular weight is 799 g/mol. The van der Waals surface area contributed by atoms with Crippen molar-refractivity contribution in [3.63, 3.8) is 0 Å². The van der Waals surface area contributed by atoms with Crippen LogP contribution in [0.15, 0.2) is 23.8 Å². The van der Waals surface area contributed by atoms with Crippen molar-refractivity contribution in [2.75, 3.05) is 0 Å². The van der Waals surface area contributed by atoms with E-state index in [-0.39, 0.29) is 53.1 Å². The molecule has 0 aliphatic carbocycles. The molecule has 1 fully saturated rings. The summed E-state index contributed by atoms with van der Waals surface area (Å²) >= 11 is 0. The summed E-state index contributed by atoms with van der Waals surface area (Å²) in [5.74, 6) is -1.48. The first kappa shape index (κ1) is 48.8. The van der Waals surface area contributed by atoms with E-state index in [4.69, 9.17) is 23.1 Å². The molecule has 0 bridgehead atoms. The Labute approximate surface area is 330 Å². The molecule has 0 aromatic carbocycles. The minimum absolute atomic E-state index is 0.0238. The fraction of sp³-hybridized carbons (Fsp3) is 0.857. The zero-order valence-corrected chi connectivity index (χ0v) is 38.8. The minimum Gasteiger partial charge on any atom is -0.457 e. The largest absolute Gasteiger partial charge is 0.457 e. The number of ether oxygens (including phenoxy) is 3. The Hall–Kier alpha value is -1.39. The molecule has 12 atom stereocenters. The smallest absolute Gasteiger partial charge is 0.308 e. The summed E-state index contributed by atoms with van der Waals surface area (Å²) in [5.41, 5.74) is -0.856. The summed E-state index contributed by atoms with van der Waals surface area (Å²) in [6.45, 7) is 34.7.